The second-order valence-electron chi connectivity index (χ2n) is 5.02. The minimum Gasteiger partial charge on any atom is -0.383 e. The van der Waals surface area contributed by atoms with Crippen LogP contribution in [0.1, 0.15) is 31.1 Å². The van der Waals surface area contributed by atoms with E-state index in [0.717, 1.165) is 0 Å². The van der Waals surface area contributed by atoms with Crippen molar-refractivity contribution in [3.05, 3.63) is 29.6 Å². The Hall–Kier alpha value is -1.42. The molecule has 0 spiro atoms. The zero-order valence-electron chi connectivity index (χ0n) is 12.1. The van der Waals surface area contributed by atoms with Crippen LogP contribution in [0.2, 0.25) is 0 Å². The van der Waals surface area contributed by atoms with E-state index in [0.29, 0.717) is 36.9 Å². The van der Waals surface area contributed by atoms with Crippen LogP contribution in [0.4, 0.5) is 10.1 Å². The average Bonchev–Trinajstić information content (AvgIpc) is 2.33. The minimum atomic E-state index is -0.357. The number of ether oxygens (including phenoxy) is 1. The average molecular weight is 267 g/mol. The molecule has 0 atom stereocenters. The third-order valence-corrected chi connectivity index (χ3v) is 2.83. The van der Waals surface area contributed by atoms with Crippen LogP contribution in [0.5, 0.6) is 0 Å². The first-order chi connectivity index (χ1) is 8.97. The molecule has 0 bridgehead atoms. The van der Waals surface area contributed by atoms with Crippen LogP contribution in [0.3, 0.4) is 0 Å². The van der Waals surface area contributed by atoms with E-state index >= 15 is 0 Å². The molecule has 3 nitrogen and oxygen atoms in total. The number of halogens is 1. The predicted octanol–water partition coefficient (Wildman–Crippen LogP) is 3.14. The topological polar surface area (TPSA) is 29.5 Å². The lowest BCUT2D eigenvalue weighted by molar-refractivity contribution is 0.101. The number of carbonyl (C=O) groups excluding carboxylic acids is 1. The lowest BCUT2D eigenvalue weighted by Crippen LogP contribution is -2.33. The fraction of sp³-hybridized carbons (Fsp3) is 0.533. The van der Waals surface area contributed by atoms with Crippen LogP contribution in [0, 0.1) is 11.7 Å². The van der Waals surface area contributed by atoms with Crippen LogP contribution in [0.15, 0.2) is 18.2 Å². The zero-order chi connectivity index (χ0) is 14.4. The van der Waals surface area contributed by atoms with Crippen molar-refractivity contribution in [1.29, 1.82) is 0 Å². The van der Waals surface area contributed by atoms with Crippen molar-refractivity contribution in [2.75, 3.05) is 31.7 Å². The summed E-state index contributed by atoms with van der Waals surface area (Å²) in [5.74, 6) is -0.110. The number of ketones is 1. The molecule has 1 aromatic rings. The van der Waals surface area contributed by atoms with Crippen molar-refractivity contribution in [1.82, 2.24) is 0 Å². The smallest absolute Gasteiger partial charge is 0.161 e. The van der Waals surface area contributed by atoms with Gasteiger partial charge in [0, 0.05) is 25.8 Å². The normalized spacial score (nSPS) is 10.8. The summed E-state index contributed by atoms with van der Waals surface area (Å²) < 4.78 is 19.2. The Balaban J connectivity index is 3.15. The van der Waals surface area contributed by atoms with Gasteiger partial charge in [0.1, 0.15) is 5.82 Å². The second kappa shape index (κ2) is 7.24. The van der Waals surface area contributed by atoms with E-state index in [4.69, 9.17) is 4.74 Å². The lowest BCUT2D eigenvalue weighted by Gasteiger charge is -2.28. The molecule has 0 amide bonds. The van der Waals surface area contributed by atoms with Crippen molar-refractivity contribution in [3.8, 4) is 0 Å². The molecular weight excluding hydrogens is 245 g/mol. The number of Topliss-reactive ketones (excluding diaryl/α,β-unsaturated/α-hetero) is 1. The molecule has 0 saturated carbocycles. The molecule has 0 saturated heterocycles. The molecule has 1 aromatic carbocycles. The Labute approximate surface area is 114 Å². The fourth-order valence-electron chi connectivity index (χ4n) is 2.06. The Morgan fingerprint density at radius 3 is 2.63 bits per heavy atom. The van der Waals surface area contributed by atoms with Crippen molar-refractivity contribution in [2.24, 2.45) is 5.92 Å². The van der Waals surface area contributed by atoms with Gasteiger partial charge in [0.2, 0.25) is 0 Å². The molecule has 19 heavy (non-hydrogen) atoms. The molecule has 0 aliphatic rings. The first-order valence-corrected chi connectivity index (χ1v) is 6.50. The molecule has 0 fully saturated rings. The van der Waals surface area contributed by atoms with Crippen LogP contribution in [0.25, 0.3) is 0 Å². The van der Waals surface area contributed by atoms with Gasteiger partial charge in [-0.3, -0.25) is 4.79 Å². The van der Waals surface area contributed by atoms with Gasteiger partial charge in [-0.25, -0.2) is 4.39 Å². The molecule has 0 radical (unpaired) electrons. The van der Waals surface area contributed by atoms with E-state index in [1.807, 2.05) is 4.90 Å². The predicted molar refractivity (Wildman–Crippen MR) is 75.3 cm³/mol. The summed E-state index contributed by atoms with van der Waals surface area (Å²) in [4.78, 5) is 13.5. The van der Waals surface area contributed by atoms with Gasteiger partial charge in [-0.05, 0) is 25.0 Å². The third kappa shape index (κ3) is 4.31. The van der Waals surface area contributed by atoms with Crippen LogP contribution >= 0.6 is 0 Å². The maximum atomic E-state index is 14.1. The first-order valence-electron chi connectivity index (χ1n) is 6.50. The Bertz CT molecular complexity index is 432. The number of para-hydroxylation sites is 1. The summed E-state index contributed by atoms with van der Waals surface area (Å²) >= 11 is 0. The molecule has 4 heteroatoms. The van der Waals surface area contributed by atoms with Gasteiger partial charge in [0.15, 0.2) is 5.78 Å². The number of rotatable bonds is 7. The minimum absolute atomic E-state index is 0.124. The van der Waals surface area contributed by atoms with E-state index in [2.05, 4.69) is 13.8 Å². The first kappa shape index (κ1) is 15.6. The molecule has 0 unspecified atom stereocenters. The van der Waals surface area contributed by atoms with Gasteiger partial charge < -0.3 is 9.64 Å². The van der Waals surface area contributed by atoms with Crippen LogP contribution in [-0.4, -0.2) is 32.6 Å². The van der Waals surface area contributed by atoms with Gasteiger partial charge in [0.05, 0.1) is 12.3 Å². The monoisotopic (exact) mass is 267 g/mol. The highest BCUT2D eigenvalue weighted by Gasteiger charge is 2.19. The van der Waals surface area contributed by atoms with Crippen LogP contribution in [-0.2, 0) is 4.74 Å². The molecule has 0 N–H and O–H groups in total. The lowest BCUT2D eigenvalue weighted by atomic mass is 10.1. The third-order valence-electron chi connectivity index (χ3n) is 2.83. The van der Waals surface area contributed by atoms with Gasteiger partial charge in [-0.1, -0.05) is 19.9 Å². The summed E-state index contributed by atoms with van der Waals surface area (Å²) in [5.41, 5.74) is 0.817. The fourth-order valence-corrected chi connectivity index (χ4v) is 2.06. The Morgan fingerprint density at radius 2 is 2.11 bits per heavy atom. The second-order valence-corrected chi connectivity index (χ2v) is 5.02. The summed E-state index contributed by atoms with van der Waals surface area (Å²) in [6, 6.07) is 4.63. The standard InChI is InChI=1S/C15H22FNO2/c1-11(2)10-17(8-9-19-4)15-13(12(3)18)6-5-7-14(15)16/h5-7,11H,8-10H2,1-4H3. The number of nitrogens with zero attached hydrogens (tertiary/aromatic N) is 1. The number of anilines is 1. The number of benzene rings is 1. The van der Waals surface area contributed by atoms with Crippen molar-refractivity contribution >= 4 is 11.5 Å². The highest BCUT2D eigenvalue weighted by Crippen LogP contribution is 2.25. The molecule has 0 aliphatic carbocycles. The molecule has 0 heterocycles. The number of hydrogen-bond acceptors (Lipinski definition) is 3. The Kier molecular flexibility index (Phi) is 5.96. The highest BCUT2D eigenvalue weighted by molar-refractivity contribution is 5.99. The maximum Gasteiger partial charge on any atom is 0.161 e. The van der Waals surface area contributed by atoms with Gasteiger partial charge in [-0.2, -0.15) is 0 Å². The highest BCUT2D eigenvalue weighted by atomic mass is 19.1. The van der Waals surface area contributed by atoms with E-state index in [-0.39, 0.29) is 11.6 Å². The van der Waals surface area contributed by atoms with Gasteiger partial charge in [-0.15, -0.1) is 0 Å². The molecule has 0 aliphatic heterocycles. The van der Waals surface area contributed by atoms with E-state index in [1.165, 1.54) is 13.0 Å². The van der Waals surface area contributed by atoms with Crippen molar-refractivity contribution in [2.45, 2.75) is 20.8 Å². The maximum absolute atomic E-state index is 14.1. The van der Waals surface area contributed by atoms with Gasteiger partial charge in [0.25, 0.3) is 0 Å². The quantitative estimate of drug-likeness (QED) is 0.711. The SMILES string of the molecule is COCCN(CC(C)C)c1c(F)cccc1C(C)=O. The number of carbonyl (C=O) groups is 1. The van der Waals surface area contributed by atoms with Crippen molar-refractivity contribution < 1.29 is 13.9 Å². The van der Waals surface area contributed by atoms with E-state index in [9.17, 15) is 9.18 Å². The van der Waals surface area contributed by atoms with E-state index in [1.54, 1.807) is 19.2 Å². The Morgan fingerprint density at radius 1 is 1.42 bits per heavy atom. The molecule has 0 aromatic heterocycles. The summed E-state index contributed by atoms with van der Waals surface area (Å²) in [5, 5.41) is 0. The van der Waals surface area contributed by atoms with Crippen molar-refractivity contribution in [3.63, 3.8) is 0 Å². The molecular formula is C15H22FNO2. The van der Waals surface area contributed by atoms with E-state index < -0.39 is 0 Å². The molecule has 106 valence electrons. The zero-order valence-corrected chi connectivity index (χ0v) is 12.1. The number of hydrogen-bond donors (Lipinski definition) is 0. The number of methoxy groups -OCH3 is 1. The van der Waals surface area contributed by atoms with Crippen LogP contribution < -0.4 is 4.90 Å². The largest absolute Gasteiger partial charge is 0.383 e. The summed E-state index contributed by atoms with van der Waals surface area (Å²) in [6.45, 7) is 7.34. The summed E-state index contributed by atoms with van der Waals surface area (Å²) in [6.07, 6.45) is 0. The summed E-state index contributed by atoms with van der Waals surface area (Å²) in [7, 11) is 1.61. The van der Waals surface area contributed by atoms with Gasteiger partial charge >= 0.3 is 0 Å². The molecule has 1 rings (SSSR count).